The van der Waals surface area contributed by atoms with Crippen LogP contribution in [0, 0.1) is 17.8 Å². The summed E-state index contributed by atoms with van der Waals surface area (Å²) in [6, 6.07) is 0.440. The van der Waals surface area contributed by atoms with Gasteiger partial charge < -0.3 is 41.7 Å². The number of carbonyl (C=O) groups excluding carboxylic acids is 4. The summed E-state index contributed by atoms with van der Waals surface area (Å²) in [5.74, 6) is -7.84. The minimum Gasteiger partial charge on any atom is -0.508 e. The highest BCUT2D eigenvalue weighted by Gasteiger charge is 2.64. The number of amides is 2. The molecule has 40 heavy (non-hydrogen) atoms. The van der Waals surface area contributed by atoms with Crippen LogP contribution in [0.5, 0.6) is 5.75 Å². The van der Waals surface area contributed by atoms with E-state index in [1.54, 1.807) is 39.2 Å². The number of benzene rings is 1. The number of rotatable bonds is 5. The molecule has 0 unspecified atom stereocenters. The maximum atomic E-state index is 14.0. The zero-order chi connectivity index (χ0) is 29.4. The summed E-state index contributed by atoms with van der Waals surface area (Å²) in [5, 5.41) is 51.1. The fourth-order valence-corrected chi connectivity index (χ4v) is 6.50. The maximum absolute atomic E-state index is 14.0. The molecule has 0 aromatic heterocycles. The third-order valence-electron chi connectivity index (χ3n) is 8.59. The Morgan fingerprint density at radius 3 is 2.30 bits per heavy atom. The molecule has 13 nitrogen and oxygen atoms in total. The highest BCUT2D eigenvalue weighted by atomic mass is 16.3. The van der Waals surface area contributed by atoms with Gasteiger partial charge >= 0.3 is 0 Å². The van der Waals surface area contributed by atoms with Gasteiger partial charge in [-0.05, 0) is 44.5 Å². The van der Waals surface area contributed by atoms with Gasteiger partial charge in [0.1, 0.15) is 22.8 Å². The van der Waals surface area contributed by atoms with Gasteiger partial charge in [-0.1, -0.05) is 0 Å². The standard InChI is InChI=1S/C27H33N5O8/c1-31(2)15-7-14(30-26(39)11-8-29-9-11)20(33)17-12(15)5-10-6-13-19(32(3)4)22(35)18(25(28)38)24(37)27(13,40)23(36)16(10)21(17)34/h7,10-11,13,19,29,33-34,37,40H,5-6,8-9H2,1-4H3,(H2,28,38)(H,30,39)/t10-,13-,19-,27-/m0/s1. The Kier molecular flexibility index (Phi) is 6.44. The lowest BCUT2D eigenvalue weighted by molar-refractivity contribution is -0.153. The number of phenolic OH excluding ortho intramolecular Hbond substituents is 1. The van der Waals surface area contributed by atoms with E-state index in [4.69, 9.17) is 5.73 Å². The van der Waals surface area contributed by atoms with Crippen LogP contribution < -0.4 is 21.3 Å². The minimum absolute atomic E-state index is 0.00738. The number of nitrogens with zero attached hydrogens (tertiary/aromatic N) is 2. The van der Waals surface area contributed by atoms with Crippen LogP contribution >= 0.6 is 0 Å². The SMILES string of the molecule is CN(C)c1cc(NC(=O)C2CNC2)c(O)c2c1C[C@H]1C[C@H]3[C@H](N(C)C)C(=O)C(C(N)=O)=C(O)[C@@]3(O)C(=O)C1=C2O. The molecule has 0 radical (unpaired) electrons. The van der Waals surface area contributed by atoms with Crippen LogP contribution in [0.15, 0.2) is 23.0 Å². The highest BCUT2D eigenvalue weighted by Crippen LogP contribution is 2.54. The summed E-state index contributed by atoms with van der Waals surface area (Å²) >= 11 is 0. The molecule has 2 fully saturated rings. The highest BCUT2D eigenvalue weighted by molar-refractivity contribution is 6.24. The van der Waals surface area contributed by atoms with Gasteiger partial charge in [0.05, 0.1) is 23.2 Å². The smallest absolute Gasteiger partial charge is 0.255 e. The molecule has 1 saturated heterocycles. The number of phenols is 1. The molecular formula is C27H33N5O8. The molecule has 4 atom stereocenters. The van der Waals surface area contributed by atoms with Gasteiger partial charge in [-0.15, -0.1) is 0 Å². The number of primary amides is 1. The summed E-state index contributed by atoms with van der Waals surface area (Å²) < 4.78 is 0. The molecule has 2 amide bonds. The number of aromatic hydroxyl groups is 1. The summed E-state index contributed by atoms with van der Waals surface area (Å²) in [4.78, 5) is 55.2. The Bertz CT molecular complexity index is 1430. The molecule has 8 N–H and O–H groups in total. The molecule has 13 heteroatoms. The Balaban J connectivity index is 1.70. The van der Waals surface area contributed by atoms with Crippen molar-refractivity contribution in [3.63, 3.8) is 0 Å². The third-order valence-corrected chi connectivity index (χ3v) is 8.59. The quantitative estimate of drug-likeness (QED) is 0.177. The summed E-state index contributed by atoms with van der Waals surface area (Å²) in [5.41, 5.74) is 2.58. The molecular weight excluding hydrogens is 522 g/mol. The van der Waals surface area contributed by atoms with Crippen molar-refractivity contribution in [1.82, 2.24) is 10.2 Å². The first-order valence-corrected chi connectivity index (χ1v) is 12.9. The number of nitrogens with one attached hydrogen (secondary N) is 2. The van der Waals surface area contributed by atoms with E-state index < -0.39 is 63.8 Å². The number of anilines is 2. The van der Waals surface area contributed by atoms with Crippen molar-refractivity contribution in [3.05, 3.63) is 34.1 Å². The molecule has 4 aliphatic rings. The predicted octanol–water partition coefficient (Wildman–Crippen LogP) is -0.812. The topological polar surface area (TPSA) is 206 Å². The molecule has 1 aromatic rings. The Hall–Kier alpha value is -3.94. The third kappa shape index (κ3) is 3.72. The zero-order valence-electron chi connectivity index (χ0n) is 22.6. The lowest BCUT2D eigenvalue weighted by Crippen LogP contribution is -2.65. The molecule has 1 aliphatic heterocycles. The number of hydrogen-bond acceptors (Lipinski definition) is 11. The second kappa shape index (κ2) is 9.32. The molecule has 1 heterocycles. The number of Topliss-reactive ketones (excluding diaryl/α,β-unsaturated/α-hetero) is 2. The zero-order valence-corrected chi connectivity index (χ0v) is 22.6. The fraction of sp³-hybridized carbons (Fsp3) is 0.481. The van der Waals surface area contributed by atoms with Crippen molar-refractivity contribution in [2.75, 3.05) is 51.5 Å². The summed E-state index contributed by atoms with van der Waals surface area (Å²) in [6.45, 7) is 0.980. The summed E-state index contributed by atoms with van der Waals surface area (Å²) in [6.07, 6.45) is 0.142. The van der Waals surface area contributed by atoms with Crippen LogP contribution in [-0.2, 0) is 25.6 Å². The second-order valence-electron chi connectivity index (χ2n) is 11.3. The Morgan fingerprint density at radius 1 is 1.12 bits per heavy atom. The first-order valence-electron chi connectivity index (χ1n) is 12.9. The lowest BCUT2D eigenvalue weighted by Gasteiger charge is -2.50. The van der Waals surface area contributed by atoms with Crippen LogP contribution in [0.4, 0.5) is 11.4 Å². The monoisotopic (exact) mass is 555 g/mol. The van der Waals surface area contributed by atoms with Crippen LogP contribution in [0.25, 0.3) is 5.76 Å². The van der Waals surface area contributed by atoms with Crippen molar-refractivity contribution in [3.8, 4) is 5.75 Å². The van der Waals surface area contributed by atoms with Gasteiger partial charge in [0.25, 0.3) is 5.91 Å². The van der Waals surface area contributed by atoms with Gasteiger partial charge in [-0.2, -0.15) is 0 Å². The van der Waals surface area contributed by atoms with E-state index in [9.17, 15) is 39.6 Å². The molecule has 5 rings (SSSR count). The Morgan fingerprint density at radius 2 is 1.77 bits per heavy atom. The van der Waals surface area contributed by atoms with Crippen molar-refractivity contribution < 1.29 is 39.6 Å². The van der Waals surface area contributed by atoms with E-state index in [0.717, 1.165) is 0 Å². The maximum Gasteiger partial charge on any atom is 0.255 e. The molecule has 3 aliphatic carbocycles. The van der Waals surface area contributed by atoms with Crippen LogP contribution in [0.3, 0.4) is 0 Å². The van der Waals surface area contributed by atoms with Crippen molar-refractivity contribution in [2.45, 2.75) is 24.5 Å². The van der Waals surface area contributed by atoms with Gasteiger partial charge in [-0.25, -0.2) is 0 Å². The van der Waals surface area contributed by atoms with E-state index in [0.29, 0.717) is 24.3 Å². The fourth-order valence-electron chi connectivity index (χ4n) is 6.50. The van der Waals surface area contributed by atoms with Crippen molar-refractivity contribution in [2.24, 2.45) is 23.5 Å². The van der Waals surface area contributed by atoms with Gasteiger partial charge in [0.2, 0.25) is 11.7 Å². The van der Waals surface area contributed by atoms with Crippen molar-refractivity contribution in [1.29, 1.82) is 0 Å². The average molecular weight is 556 g/mol. The molecule has 0 bridgehead atoms. The van der Waals surface area contributed by atoms with Crippen LogP contribution in [0.2, 0.25) is 0 Å². The number of carbonyl (C=O) groups is 4. The van der Waals surface area contributed by atoms with E-state index in [1.165, 1.54) is 4.90 Å². The number of ketones is 2. The van der Waals surface area contributed by atoms with Gasteiger partial charge in [0.15, 0.2) is 11.4 Å². The van der Waals surface area contributed by atoms with Gasteiger partial charge in [-0.3, -0.25) is 24.1 Å². The second-order valence-corrected chi connectivity index (χ2v) is 11.3. The first kappa shape index (κ1) is 27.6. The molecule has 214 valence electrons. The van der Waals surface area contributed by atoms with E-state index in [-0.39, 0.29) is 41.5 Å². The minimum atomic E-state index is -2.71. The van der Waals surface area contributed by atoms with Crippen LogP contribution in [0.1, 0.15) is 17.5 Å². The first-order chi connectivity index (χ1) is 18.7. The number of hydrogen-bond donors (Lipinski definition) is 7. The van der Waals surface area contributed by atoms with E-state index in [1.807, 2.05) is 0 Å². The number of aliphatic hydroxyl groups is 3. The van der Waals surface area contributed by atoms with E-state index >= 15 is 0 Å². The van der Waals surface area contributed by atoms with Crippen molar-refractivity contribution >= 4 is 40.5 Å². The number of likely N-dealkylation sites (N-methyl/N-ethyl adjacent to an activating group) is 1. The normalized spacial score (nSPS) is 28.1. The Labute approximate surface area is 229 Å². The lowest BCUT2D eigenvalue weighted by atomic mass is 9.57. The number of fused-ring (bicyclic) bond motifs is 3. The van der Waals surface area contributed by atoms with Crippen LogP contribution in [-0.4, -0.2) is 102 Å². The van der Waals surface area contributed by atoms with Gasteiger partial charge in [0, 0.05) is 44.4 Å². The van der Waals surface area contributed by atoms with E-state index in [2.05, 4.69) is 10.6 Å². The number of nitrogens with two attached hydrogens (primary N) is 1. The summed E-state index contributed by atoms with van der Waals surface area (Å²) in [7, 11) is 6.60. The molecule has 1 saturated carbocycles. The average Bonchev–Trinajstić information content (AvgIpc) is 2.81. The number of aliphatic hydroxyl groups excluding tert-OH is 2. The molecule has 0 spiro atoms. The predicted molar refractivity (Wildman–Crippen MR) is 144 cm³/mol. The largest absolute Gasteiger partial charge is 0.508 e. The molecule has 1 aromatic carbocycles.